The van der Waals surface area contributed by atoms with Crippen LogP contribution in [0.2, 0.25) is 0 Å². The topological polar surface area (TPSA) is 179 Å². The zero-order valence-corrected chi connectivity index (χ0v) is 18.3. The molecule has 4 N–H and O–H groups in total. The van der Waals surface area contributed by atoms with Gasteiger partial charge >= 0.3 is 0 Å². The fraction of sp³-hybridized carbons (Fsp3) is 0.150. The van der Waals surface area contributed by atoms with Crippen molar-refractivity contribution in [1.29, 1.82) is 0 Å². The number of hydrogen-bond donors (Lipinski definition) is 4. The van der Waals surface area contributed by atoms with Crippen LogP contribution in [0, 0.1) is 15.9 Å². The lowest BCUT2D eigenvalue weighted by Crippen LogP contribution is -2.15. The number of hydrazone groups is 1. The number of halogens is 1. The van der Waals surface area contributed by atoms with E-state index < -0.39 is 10.9 Å². The Bertz CT molecular complexity index is 1180. The number of nitro groups is 1. The van der Waals surface area contributed by atoms with Crippen LogP contribution in [0.3, 0.4) is 0 Å². The molecule has 178 valence electrons. The number of non-ortho nitro benzene ring substituents is 1. The van der Waals surface area contributed by atoms with E-state index in [-0.39, 0.29) is 34.7 Å². The van der Waals surface area contributed by atoms with Gasteiger partial charge in [0.1, 0.15) is 11.6 Å². The predicted octanol–water partition coefficient (Wildman–Crippen LogP) is 2.97. The van der Waals surface area contributed by atoms with Crippen LogP contribution in [0.1, 0.15) is 12.5 Å². The van der Waals surface area contributed by atoms with E-state index in [2.05, 4.69) is 30.8 Å². The first-order valence-electron chi connectivity index (χ1n) is 9.47. The maximum absolute atomic E-state index is 13.1. The van der Waals surface area contributed by atoms with Crippen molar-refractivity contribution in [3.05, 3.63) is 64.0 Å². The molecule has 3 rings (SSSR count). The van der Waals surface area contributed by atoms with Crippen molar-refractivity contribution in [2.75, 3.05) is 29.7 Å². The smallest absolute Gasteiger partial charge is 0.300 e. The lowest BCUT2D eigenvalue weighted by molar-refractivity contribution is -0.384. The number of carboxylic acids is 1. The molecule has 0 spiro atoms. The third kappa shape index (κ3) is 7.99. The summed E-state index contributed by atoms with van der Waals surface area (Å²) in [6.07, 6.45) is 1.20. The molecule has 1 aromatic heterocycles. The number of aliphatic carboxylic acids is 1. The number of carbonyl (C=O) groups is 1. The van der Waals surface area contributed by atoms with Crippen LogP contribution < -0.4 is 15.6 Å². The molecular weight excluding hydrogens is 451 g/mol. The fourth-order valence-electron chi connectivity index (χ4n) is 2.25. The zero-order valence-electron chi connectivity index (χ0n) is 18.3. The highest BCUT2D eigenvalue weighted by atomic mass is 19.1. The van der Waals surface area contributed by atoms with Crippen LogP contribution in [-0.2, 0) is 4.79 Å². The molecule has 34 heavy (non-hydrogen) atoms. The number of phenols is 1. The largest absolute Gasteiger partial charge is 0.507 e. The van der Waals surface area contributed by atoms with Gasteiger partial charge in [0.15, 0.2) is 0 Å². The normalized spacial score (nSPS) is 10.2. The molecule has 0 aliphatic rings. The lowest BCUT2D eigenvalue weighted by Gasteiger charge is -2.13. The fourth-order valence-corrected chi connectivity index (χ4v) is 2.25. The van der Waals surface area contributed by atoms with Gasteiger partial charge in [-0.25, -0.2) is 9.82 Å². The number of nitrogens with zero attached hydrogens (tertiary/aromatic N) is 6. The Kier molecular flexibility index (Phi) is 8.70. The summed E-state index contributed by atoms with van der Waals surface area (Å²) in [6.45, 7) is 1.08. The molecular formula is C20H21FN8O5. The van der Waals surface area contributed by atoms with Crippen molar-refractivity contribution in [1.82, 2.24) is 15.0 Å². The number of anilines is 4. The van der Waals surface area contributed by atoms with E-state index in [0.717, 1.165) is 6.92 Å². The van der Waals surface area contributed by atoms with Crippen LogP contribution >= 0.6 is 0 Å². The average Bonchev–Trinajstić information content (AvgIpc) is 2.76. The van der Waals surface area contributed by atoms with E-state index in [4.69, 9.17) is 9.90 Å². The second kappa shape index (κ2) is 11.7. The van der Waals surface area contributed by atoms with Crippen LogP contribution in [0.5, 0.6) is 5.75 Å². The molecule has 0 aliphatic carbocycles. The van der Waals surface area contributed by atoms with Crippen molar-refractivity contribution in [3.8, 4) is 5.75 Å². The molecule has 0 saturated carbocycles. The van der Waals surface area contributed by atoms with Gasteiger partial charge in [-0.3, -0.25) is 14.9 Å². The number of nitro benzene ring substituents is 1. The Morgan fingerprint density at radius 3 is 2.35 bits per heavy atom. The van der Waals surface area contributed by atoms with Gasteiger partial charge in [-0.15, -0.1) is 0 Å². The molecule has 0 unspecified atom stereocenters. The number of nitrogens with one attached hydrogen (secondary N) is 2. The second-order valence-electron chi connectivity index (χ2n) is 6.70. The standard InChI is InChI=1S/C18H17FN8O3.C2H4O2/c1-26(2)18-23-16(21-13-5-3-12(19)4-6-13)22-17(24-18)25-20-10-11-9-14(27(29)30)7-8-15(11)28;1-2(3)4/h3-10,28H,1-2H3,(H2,21,22,23,24,25);1H3,(H,3,4). The highest BCUT2D eigenvalue weighted by Gasteiger charge is 2.10. The van der Waals surface area contributed by atoms with Gasteiger partial charge in [0.05, 0.1) is 11.1 Å². The Morgan fingerprint density at radius 1 is 1.15 bits per heavy atom. The third-order valence-corrected chi connectivity index (χ3v) is 3.71. The monoisotopic (exact) mass is 472 g/mol. The van der Waals surface area contributed by atoms with Crippen molar-refractivity contribution >= 4 is 41.4 Å². The highest BCUT2D eigenvalue weighted by Crippen LogP contribution is 2.21. The molecule has 0 amide bonds. The maximum Gasteiger partial charge on any atom is 0.300 e. The lowest BCUT2D eigenvalue weighted by atomic mass is 10.2. The molecule has 2 aromatic carbocycles. The minimum Gasteiger partial charge on any atom is -0.507 e. The molecule has 0 atom stereocenters. The van der Waals surface area contributed by atoms with Crippen LogP contribution in [0.4, 0.5) is 33.6 Å². The van der Waals surface area contributed by atoms with Crippen molar-refractivity contribution in [2.45, 2.75) is 6.92 Å². The van der Waals surface area contributed by atoms with Gasteiger partial charge in [-0.1, -0.05) is 0 Å². The number of aromatic hydroxyl groups is 1. The van der Waals surface area contributed by atoms with Gasteiger partial charge in [0.2, 0.25) is 17.8 Å². The number of carboxylic acid groups (broad SMARTS) is 1. The van der Waals surface area contributed by atoms with E-state index in [9.17, 15) is 19.6 Å². The number of hydrogen-bond acceptors (Lipinski definition) is 11. The van der Waals surface area contributed by atoms with Crippen LogP contribution in [0.15, 0.2) is 47.6 Å². The van der Waals surface area contributed by atoms with E-state index >= 15 is 0 Å². The Labute approximate surface area is 192 Å². The van der Waals surface area contributed by atoms with E-state index in [1.54, 1.807) is 19.0 Å². The first-order valence-corrected chi connectivity index (χ1v) is 9.47. The maximum atomic E-state index is 13.1. The summed E-state index contributed by atoms with van der Waals surface area (Å²) in [5, 5.41) is 35.0. The van der Waals surface area contributed by atoms with Crippen molar-refractivity contribution in [2.24, 2.45) is 5.10 Å². The van der Waals surface area contributed by atoms with Gasteiger partial charge in [0.25, 0.3) is 11.7 Å². The molecule has 0 aliphatic heterocycles. The Balaban J connectivity index is 0.000000945. The summed E-state index contributed by atoms with van der Waals surface area (Å²) in [6, 6.07) is 9.23. The van der Waals surface area contributed by atoms with Gasteiger partial charge in [-0.05, 0) is 30.3 Å². The number of rotatable bonds is 7. The Morgan fingerprint density at radius 2 is 1.76 bits per heavy atom. The molecule has 1 heterocycles. The second-order valence-corrected chi connectivity index (χ2v) is 6.70. The molecule has 0 bridgehead atoms. The molecule has 0 fully saturated rings. The van der Waals surface area contributed by atoms with Crippen molar-refractivity contribution < 1.29 is 24.3 Å². The molecule has 13 nitrogen and oxygen atoms in total. The van der Waals surface area contributed by atoms with Gasteiger partial charge in [-0.2, -0.15) is 20.1 Å². The van der Waals surface area contributed by atoms with E-state index in [0.29, 0.717) is 11.6 Å². The molecule has 0 radical (unpaired) electrons. The van der Waals surface area contributed by atoms with E-state index in [1.807, 2.05) is 0 Å². The Hall–Kier alpha value is -4.88. The summed E-state index contributed by atoms with van der Waals surface area (Å²) < 4.78 is 13.1. The highest BCUT2D eigenvalue weighted by molar-refractivity contribution is 5.84. The third-order valence-electron chi connectivity index (χ3n) is 3.71. The number of phenolic OH excluding ortho intramolecular Hbond substituents is 1. The van der Waals surface area contributed by atoms with Gasteiger partial charge < -0.3 is 20.4 Å². The SMILES string of the molecule is CC(=O)O.CN(C)c1nc(NN=Cc2cc([N+](=O)[O-])ccc2O)nc(Nc2ccc(F)cc2)n1. The molecule has 14 heteroatoms. The summed E-state index contributed by atoms with van der Waals surface area (Å²) in [4.78, 5) is 33.6. The van der Waals surface area contributed by atoms with Gasteiger partial charge in [0, 0.05) is 44.4 Å². The quantitative estimate of drug-likeness (QED) is 0.226. The summed E-state index contributed by atoms with van der Waals surface area (Å²) in [7, 11) is 3.48. The average molecular weight is 472 g/mol. The number of aromatic nitrogens is 3. The minimum atomic E-state index is -0.833. The summed E-state index contributed by atoms with van der Waals surface area (Å²) in [5.41, 5.74) is 3.13. The summed E-state index contributed by atoms with van der Waals surface area (Å²) >= 11 is 0. The minimum absolute atomic E-state index is 0.0829. The first-order chi connectivity index (χ1) is 16.0. The first kappa shape index (κ1) is 25.4. The molecule has 0 saturated heterocycles. The number of benzene rings is 2. The zero-order chi connectivity index (χ0) is 25.3. The van der Waals surface area contributed by atoms with Crippen LogP contribution in [-0.4, -0.2) is 56.4 Å². The molecule has 3 aromatic rings. The van der Waals surface area contributed by atoms with Crippen LogP contribution in [0.25, 0.3) is 0 Å². The van der Waals surface area contributed by atoms with Crippen molar-refractivity contribution in [3.63, 3.8) is 0 Å². The summed E-state index contributed by atoms with van der Waals surface area (Å²) in [5.74, 6) is -0.776. The van der Waals surface area contributed by atoms with E-state index in [1.165, 1.54) is 48.7 Å². The predicted molar refractivity (Wildman–Crippen MR) is 123 cm³/mol.